The van der Waals surface area contributed by atoms with E-state index >= 15 is 0 Å². The van der Waals surface area contributed by atoms with Gasteiger partial charge in [0.1, 0.15) is 11.4 Å². The first kappa shape index (κ1) is 10.8. The molecule has 2 fully saturated rings. The smallest absolute Gasteiger partial charge is 0.306 e. The number of rotatable bonds is 2. The summed E-state index contributed by atoms with van der Waals surface area (Å²) in [6.45, 7) is 2.71. The van der Waals surface area contributed by atoms with Crippen molar-refractivity contribution in [2.45, 2.75) is 37.8 Å². The zero-order valence-electron chi connectivity index (χ0n) is 9.82. The van der Waals surface area contributed by atoms with Gasteiger partial charge in [-0.15, -0.1) is 0 Å². The van der Waals surface area contributed by atoms with Crippen molar-refractivity contribution >= 4 is 5.97 Å². The average Bonchev–Trinajstić information content (AvgIpc) is 2.90. The number of aromatic amines is 1. The summed E-state index contributed by atoms with van der Waals surface area (Å²) in [5, 5.41) is 0. The second kappa shape index (κ2) is 4.14. The van der Waals surface area contributed by atoms with Gasteiger partial charge < -0.3 is 9.72 Å². The number of hydrogen-bond donors (Lipinski definition) is 1. The zero-order chi connectivity index (χ0) is 11.7. The number of esters is 1. The van der Waals surface area contributed by atoms with Gasteiger partial charge in [0.15, 0.2) is 0 Å². The second-order valence-electron chi connectivity index (χ2n) is 5.01. The van der Waals surface area contributed by atoms with Crippen LogP contribution in [0.2, 0.25) is 0 Å². The molecule has 2 aliphatic heterocycles. The minimum absolute atomic E-state index is 0.0372. The minimum Gasteiger partial charge on any atom is -0.458 e. The van der Waals surface area contributed by atoms with Crippen molar-refractivity contribution in [2.75, 3.05) is 13.1 Å². The van der Waals surface area contributed by atoms with Crippen molar-refractivity contribution in [1.29, 1.82) is 0 Å². The first-order valence-electron chi connectivity index (χ1n) is 6.18. The third-order valence-electron chi connectivity index (χ3n) is 3.66. The summed E-state index contributed by atoms with van der Waals surface area (Å²) in [5.41, 5.74) is -0.206. The second-order valence-corrected chi connectivity index (χ2v) is 5.01. The number of nitrogens with zero attached hydrogens (tertiary/aromatic N) is 2. The van der Waals surface area contributed by atoms with Gasteiger partial charge in [0.25, 0.3) is 0 Å². The number of aromatic nitrogens is 2. The molecule has 3 rings (SSSR count). The highest BCUT2D eigenvalue weighted by Crippen LogP contribution is 2.35. The Balaban J connectivity index is 1.65. The van der Waals surface area contributed by atoms with Gasteiger partial charge in [-0.3, -0.25) is 9.69 Å². The van der Waals surface area contributed by atoms with Crippen LogP contribution in [0.3, 0.4) is 0 Å². The molecular formula is C12H17N3O2. The summed E-state index contributed by atoms with van der Waals surface area (Å²) in [6, 6.07) is 0. The Labute approximate surface area is 100 Å². The number of hydrogen-bond acceptors (Lipinski definition) is 4. The van der Waals surface area contributed by atoms with E-state index in [2.05, 4.69) is 14.9 Å². The minimum atomic E-state index is -0.206. The van der Waals surface area contributed by atoms with Crippen LogP contribution in [0.1, 0.15) is 31.5 Å². The molecule has 1 aromatic heterocycles. The van der Waals surface area contributed by atoms with Gasteiger partial charge in [-0.25, -0.2) is 4.98 Å². The lowest BCUT2D eigenvalue weighted by Crippen LogP contribution is -2.47. The predicted molar refractivity (Wildman–Crippen MR) is 61.2 cm³/mol. The fourth-order valence-electron chi connectivity index (χ4n) is 2.88. The Morgan fingerprint density at radius 2 is 2.47 bits per heavy atom. The van der Waals surface area contributed by atoms with Crippen LogP contribution >= 0.6 is 0 Å². The molecule has 5 nitrogen and oxygen atoms in total. The number of carbonyl (C=O) groups excluding carboxylic acids is 1. The van der Waals surface area contributed by atoms with Crippen molar-refractivity contribution < 1.29 is 9.53 Å². The molecule has 1 aromatic rings. The van der Waals surface area contributed by atoms with E-state index in [4.69, 9.17) is 4.74 Å². The third kappa shape index (κ3) is 2.20. The Bertz CT molecular complexity index is 404. The Morgan fingerprint density at radius 3 is 3.18 bits per heavy atom. The fraction of sp³-hybridized carbons (Fsp3) is 0.667. The predicted octanol–water partition coefficient (Wildman–Crippen LogP) is 1.08. The standard InChI is InChI=1S/C12H17N3O2/c16-11-2-4-12(17-11)3-1-7-15(9-12)8-10-13-5-6-14-10/h5-6H,1-4,7-9H2,(H,13,14)/t12-/m0/s1. The van der Waals surface area contributed by atoms with Gasteiger partial charge >= 0.3 is 5.97 Å². The molecule has 1 spiro atoms. The Kier molecular flexibility index (Phi) is 2.63. The van der Waals surface area contributed by atoms with Crippen molar-refractivity contribution in [3.05, 3.63) is 18.2 Å². The average molecular weight is 235 g/mol. The molecule has 2 saturated heterocycles. The maximum absolute atomic E-state index is 11.3. The summed E-state index contributed by atoms with van der Waals surface area (Å²) < 4.78 is 5.53. The van der Waals surface area contributed by atoms with Crippen LogP contribution in [0.15, 0.2) is 12.4 Å². The number of ether oxygens (including phenoxy) is 1. The highest BCUT2D eigenvalue weighted by atomic mass is 16.6. The molecule has 5 heteroatoms. The van der Waals surface area contributed by atoms with Crippen LogP contribution in [0, 0.1) is 0 Å². The maximum atomic E-state index is 11.3. The molecule has 0 bridgehead atoms. The summed E-state index contributed by atoms with van der Waals surface area (Å²) in [4.78, 5) is 20.9. The van der Waals surface area contributed by atoms with E-state index in [1.54, 1.807) is 6.20 Å². The Morgan fingerprint density at radius 1 is 1.53 bits per heavy atom. The van der Waals surface area contributed by atoms with E-state index in [-0.39, 0.29) is 11.6 Å². The molecule has 1 N–H and O–H groups in total. The van der Waals surface area contributed by atoms with Crippen LogP contribution in [-0.2, 0) is 16.1 Å². The first-order valence-corrected chi connectivity index (χ1v) is 6.18. The highest BCUT2D eigenvalue weighted by Gasteiger charge is 2.43. The van der Waals surface area contributed by atoms with Crippen LogP contribution in [-0.4, -0.2) is 39.5 Å². The monoisotopic (exact) mass is 235 g/mol. The normalized spacial score (nSPS) is 29.8. The largest absolute Gasteiger partial charge is 0.458 e. The molecule has 0 saturated carbocycles. The quantitative estimate of drug-likeness (QED) is 0.779. The molecule has 1 atom stereocenters. The van der Waals surface area contributed by atoms with Crippen LogP contribution in [0.4, 0.5) is 0 Å². The van der Waals surface area contributed by atoms with Crippen molar-refractivity contribution in [3.8, 4) is 0 Å². The third-order valence-corrected chi connectivity index (χ3v) is 3.66. The van der Waals surface area contributed by atoms with E-state index in [0.717, 1.165) is 44.7 Å². The summed E-state index contributed by atoms with van der Waals surface area (Å²) in [7, 11) is 0. The maximum Gasteiger partial charge on any atom is 0.306 e. The van der Waals surface area contributed by atoms with Crippen LogP contribution in [0.25, 0.3) is 0 Å². The number of H-pyrrole nitrogens is 1. The van der Waals surface area contributed by atoms with E-state index in [1.165, 1.54) is 0 Å². The van der Waals surface area contributed by atoms with Crippen LogP contribution in [0.5, 0.6) is 0 Å². The van der Waals surface area contributed by atoms with Crippen molar-refractivity contribution in [3.63, 3.8) is 0 Å². The summed E-state index contributed by atoms with van der Waals surface area (Å²) >= 11 is 0. The topological polar surface area (TPSA) is 58.2 Å². The Hall–Kier alpha value is -1.36. The van der Waals surface area contributed by atoms with Crippen LogP contribution < -0.4 is 0 Å². The molecule has 0 radical (unpaired) electrons. The van der Waals surface area contributed by atoms with E-state index in [9.17, 15) is 4.79 Å². The fourth-order valence-corrected chi connectivity index (χ4v) is 2.88. The highest BCUT2D eigenvalue weighted by molar-refractivity contribution is 5.72. The SMILES string of the molecule is O=C1CC[C@]2(CCCN(Cc3ncc[nH]3)C2)O1. The zero-order valence-corrected chi connectivity index (χ0v) is 9.82. The molecule has 17 heavy (non-hydrogen) atoms. The van der Waals surface area contributed by atoms with E-state index in [0.29, 0.717) is 6.42 Å². The first-order chi connectivity index (χ1) is 8.26. The summed E-state index contributed by atoms with van der Waals surface area (Å²) in [6.07, 6.45) is 7.16. The van der Waals surface area contributed by atoms with Gasteiger partial charge in [0.05, 0.1) is 6.54 Å². The number of carbonyl (C=O) groups is 1. The van der Waals surface area contributed by atoms with Crippen molar-refractivity contribution in [1.82, 2.24) is 14.9 Å². The number of piperidine rings is 1. The van der Waals surface area contributed by atoms with Gasteiger partial charge in [-0.05, 0) is 25.8 Å². The molecule has 92 valence electrons. The lowest BCUT2D eigenvalue weighted by atomic mass is 9.90. The molecule has 0 aliphatic carbocycles. The number of nitrogens with one attached hydrogen (secondary N) is 1. The van der Waals surface area contributed by atoms with Gasteiger partial charge in [-0.1, -0.05) is 0 Å². The molecule has 0 unspecified atom stereocenters. The lowest BCUT2D eigenvalue weighted by Gasteiger charge is -2.38. The number of likely N-dealkylation sites (tertiary alicyclic amines) is 1. The van der Waals surface area contributed by atoms with Gasteiger partial charge in [-0.2, -0.15) is 0 Å². The molecule has 2 aliphatic rings. The molecule has 0 amide bonds. The van der Waals surface area contributed by atoms with Gasteiger partial charge in [0.2, 0.25) is 0 Å². The van der Waals surface area contributed by atoms with Crippen molar-refractivity contribution in [2.24, 2.45) is 0 Å². The molecular weight excluding hydrogens is 218 g/mol. The molecule has 3 heterocycles. The van der Waals surface area contributed by atoms with E-state index < -0.39 is 0 Å². The molecule has 0 aromatic carbocycles. The number of imidazole rings is 1. The lowest BCUT2D eigenvalue weighted by molar-refractivity contribution is -0.152. The van der Waals surface area contributed by atoms with E-state index in [1.807, 2.05) is 6.20 Å². The summed E-state index contributed by atoms with van der Waals surface area (Å²) in [5.74, 6) is 0.941. The van der Waals surface area contributed by atoms with Gasteiger partial charge in [0, 0.05) is 25.4 Å².